The Morgan fingerprint density at radius 3 is 2.55 bits per heavy atom. The van der Waals surface area contributed by atoms with Gasteiger partial charge in [-0.1, -0.05) is 43.6 Å². The molecule has 1 aromatic heterocycles. The lowest BCUT2D eigenvalue weighted by Gasteiger charge is -2.15. The molecule has 2 N–H and O–H groups in total. The number of hydrogen-bond donors (Lipinski definition) is 1. The van der Waals surface area contributed by atoms with Gasteiger partial charge in [-0.2, -0.15) is 0 Å². The number of rotatable bonds is 4. The van der Waals surface area contributed by atoms with Gasteiger partial charge in [0.2, 0.25) is 0 Å². The Balaban J connectivity index is 2.65. The summed E-state index contributed by atoms with van der Waals surface area (Å²) < 4.78 is 2.12. The van der Waals surface area contributed by atoms with Crippen LogP contribution in [0.15, 0.2) is 30.3 Å². The lowest BCUT2D eigenvalue weighted by atomic mass is 10.1. The Hall–Kier alpha value is -1.74. The van der Waals surface area contributed by atoms with Crippen molar-refractivity contribution in [1.29, 1.82) is 0 Å². The number of nitrogens with zero attached hydrogens (tertiary/aromatic N) is 1. The zero-order chi connectivity index (χ0) is 14.9. The Morgan fingerprint density at radius 2 is 2.00 bits per heavy atom. The number of halogens is 1. The molecule has 0 unspecified atom stereocenters. The predicted octanol–water partition coefficient (Wildman–Crippen LogP) is 3.87. The van der Waals surface area contributed by atoms with Gasteiger partial charge >= 0.3 is 0 Å². The maximum Gasteiger partial charge on any atom is 0.250 e. The Labute approximate surface area is 124 Å². The molecule has 0 fully saturated rings. The Morgan fingerprint density at radius 1 is 1.35 bits per heavy atom. The molecule has 0 atom stereocenters. The van der Waals surface area contributed by atoms with Crippen LogP contribution in [0.2, 0.25) is 5.02 Å². The minimum atomic E-state index is -0.404. The van der Waals surface area contributed by atoms with E-state index in [0.29, 0.717) is 16.5 Å². The number of aromatic nitrogens is 1. The molecule has 0 aliphatic heterocycles. The fraction of sp³-hybridized carbons (Fsp3) is 0.312. The van der Waals surface area contributed by atoms with Crippen LogP contribution in [-0.4, -0.2) is 10.5 Å². The zero-order valence-electron chi connectivity index (χ0n) is 12.0. The highest BCUT2D eigenvalue weighted by Crippen LogP contribution is 2.31. The Bertz CT molecular complexity index is 644. The van der Waals surface area contributed by atoms with Crippen LogP contribution >= 0.6 is 11.6 Å². The number of hydrogen-bond acceptors (Lipinski definition) is 1. The van der Waals surface area contributed by atoms with Gasteiger partial charge < -0.3 is 10.3 Å². The molecule has 0 radical (unpaired) electrons. The predicted molar refractivity (Wildman–Crippen MR) is 83.0 cm³/mol. The van der Waals surface area contributed by atoms with Crippen LogP contribution < -0.4 is 5.73 Å². The van der Waals surface area contributed by atoms with Crippen molar-refractivity contribution in [2.75, 3.05) is 0 Å². The molecule has 2 aromatic rings. The number of nitrogens with two attached hydrogens (primary N) is 1. The zero-order valence-corrected chi connectivity index (χ0v) is 12.7. The van der Waals surface area contributed by atoms with E-state index in [1.807, 2.05) is 37.3 Å². The van der Waals surface area contributed by atoms with Crippen LogP contribution in [0.4, 0.5) is 0 Å². The second kappa shape index (κ2) is 5.71. The SMILES string of the molecule is Cc1c(C(N)=O)cc(-c2ccccc2Cl)n1CC(C)C. The topological polar surface area (TPSA) is 48.0 Å². The van der Waals surface area contributed by atoms with Crippen molar-refractivity contribution >= 4 is 17.5 Å². The van der Waals surface area contributed by atoms with Crippen LogP contribution in [0.3, 0.4) is 0 Å². The van der Waals surface area contributed by atoms with E-state index in [1.165, 1.54) is 0 Å². The van der Waals surface area contributed by atoms with Crippen molar-refractivity contribution < 1.29 is 4.79 Å². The van der Waals surface area contributed by atoms with E-state index in [4.69, 9.17) is 17.3 Å². The third-order valence-electron chi connectivity index (χ3n) is 3.33. The quantitative estimate of drug-likeness (QED) is 0.913. The van der Waals surface area contributed by atoms with E-state index in [-0.39, 0.29) is 0 Å². The molecular formula is C16H19ClN2O. The highest BCUT2D eigenvalue weighted by Gasteiger charge is 2.18. The number of carbonyl (C=O) groups is 1. The van der Waals surface area contributed by atoms with Crippen LogP contribution in [-0.2, 0) is 6.54 Å². The molecule has 0 saturated carbocycles. The first-order chi connectivity index (χ1) is 9.41. The Kier molecular flexibility index (Phi) is 4.19. The van der Waals surface area contributed by atoms with Crippen LogP contribution in [0, 0.1) is 12.8 Å². The van der Waals surface area contributed by atoms with Gasteiger partial charge in [0.05, 0.1) is 11.3 Å². The van der Waals surface area contributed by atoms with E-state index in [0.717, 1.165) is 23.5 Å². The summed E-state index contributed by atoms with van der Waals surface area (Å²) in [4.78, 5) is 11.6. The van der Waals surface area contributed by atoms with Crippen molar-refractivity contribution in [2.24, 2.45) is 11.7 Å². The fourth-order valence-corrected chi connectivity index (χ4v) is 2.62. The second-order valence-corrected chi connectivity index (χ2v) is 5.78. The van der Waals surface area contributed by atoms with Crippen molar-refractivity contribution in [2.45, 2.75) is 27.3 Å². The standard InChI is InChI=1S/C16H19ClN2O/c1-10(2)9-19-11(3)13(16(18)20)8-15(19)12-6-4-5-7-14(12)17/h4-8,10H,9H2,1-3H3,(H2,18,20). The summed E-state index contributed by atoms with van der Waals surface area (Å²) in [5.74, 6) is 0.0568. The minimum absolute atomic E-state index is 0.404. The van der Waals surface area contributed by atoms with Crippen molar-refractivity contribution in [3.05, 3.63) is 46.6 Å². The molecule has 2 rings (SSSR count). The largest absolute Gasteiger partial charge is 0.366 e. The van der Waals surface area contributed by atoms with Crippen LogP contribution in [0.1, 0.15) is 29.9 Å². The average Bonchev–Trinajstić information content (AvgIpc) is 2.67. The molecule has 1 aromatic carbocycles. The molecule has 4 heteroatoms. The van der Waals surface area contributed by atoms with Gasteiger partial charge in [0.15, 0.2) is 0 Å². The highest BCUT2D eigenvalue weighted by atomic mass is 35.5. The van der Waals surface area contributed by atoms with Gasteiger partial charge in [-0.15, -0.1) is 0 Å². The molecule has 0 aliphatic carbocycles. The second-order valence-electron chi connectivity index (χ2n) is 5.38. The van der Waals surface area contributed by atoms with E-state index >= 15 is 0 Å². The third kappa shape index (κ3) is 2.73. The highest BCUT2D eigenvalue weighted by molar-refractivity contribution is 6.33. The average molecular weight is 291 g/mol. The molecule has 0 aliphatic rings. The van der Waals surface area contributed by atoms with E-state index in [2.05, 4.69) is 18.4 Å². The molecule has 1 heterocycles. The summed E-state index contributed by atoms with van der Waals surface area (Å²) >= 11 is 6.28. The molecule has 106 valence electrons. The number of amides is 1. The minimum Gasteiger partial charge on any atom is -0.366 e. The summed E-state index contributed by atoms with van der Waals surface area (Å²) in [7, 11) is 0. The summed E-state index contributed by atoms with van der Waals surface area (Å²) in [6.07, 6.45) is 0. The third-order valence-corrected chi connectivity index (χ3v) is 3.66. The van der Waals surface area contributed by atoms with Gasteiger partial charge in [0, 0.05) is 22.8 Å². The fourth-order valence-electron chi connectivity index (χ4n) is 2.39. The number of benzene rings is 1. The summed E-state index contributed by atoms with van der Waals surface area (Å²) in [6, 6.07) is 9.47. The van der Waals surface area contributed by atoms with Crippen LogP contribution in [0.5, 0.6) is 0 Å². The summed E-state index contributed by atoms with van der Waals surface area (Å²) in [6.45, 7) is 7.02. The van der Waals surface area contributed by atoms with E-state index < -0.39 is 5.91 Å². The molecular weight excluding hydrogens is 272 g/mol. The maximum atomic E-state index is 11.6. The monoisotopic (exact) mass is 290 g/mol. The number of carbonyl (C=O) groups excluding carboxylic acids is 1. The van der Waals surface area contributed by atoms with Gasteiger partial charge in [-0.25, -0.2) is 0 Å². The first-order valence-electron chi connectivity index (χ1n) is 6.66. The van der Waals surface area contributed by atoms with Gasteiger partial charge in [0.25, 0.3) is 5.91 Å². The lowest BCUT2D eigenvalue weighted by molar-refractivity contribution is 0.0999. The molecule has 0 bridgehead atoms. The smallest absolute Gasteiger partial charge is 0.250 e. The van der Waals surface area contributed by atoms with Crippen molar-refractivity contribution in [3.8, 4) is 11.3 Å². The maximum absolute atomic E-state index is 11.6. The first kappa shape index (κ1) is 14.7. The van der Waals surface area contributed by atoms with Crippen molar-refractivity contribution in [3.63, 3.8) is 0 Å². The van der Waals surface area contributed by atoms with Gasteiger partial charge in [-0.05, 0) is 25.0 Å². The summed E-state index contributed by atoms with van der Waals surface area (Å²) in [5, 5.41) is 0.672. The van der Waals surface area contributed by atoms with Gasteiger partial charge in [-0.3, -0.25) is 4.79 Å². The van der Waals surface area contributed by atoms with Gasteiger partial charge in [0.1, 0.15) is 0 Å². The summed E-state index contributed by atoms with van der Waals surface area (Å²) in [5.41, 5.74) is 8.77. The molecule has 1 amide bonds. The molecule has 0 saturated heterocycles. The number of primary amides is 1. The van der Waals surface area contributed by atoms with E-state index in [1.54, 1.807) is 0 Å². The molecule has 20 heavy (non-hydrogen) atoms. The first-order valence-corrected chi connectivity index (χ1v) is 7.04. The van der Waals surface area contributed by atoms with Crippen molar-refractivity contribution in [1.82, 2.24) is 4.57 Å². The molecule has 0 spiro atoms. The normalized spacial score (nSPS) is 11.1. The molecule has 3 nitrogen and oxygen atoms in total. The van der Waals surface area contributed by atoms with E-state index in [9.17, 15) is 4.79 Å². The lowest BCUT2D eigenvalue weighted by Crippen LogP contribution is -2.13. The van der Waals surface area contributed by atoms with Crippen LogP contribution in [0.25, 0.3) is 11.3 Å².